The smallest absolute Gasteiger partial charge is 0.0595 e. The molecule has 2 aliphatic carbocycles. The van der Waals surface area contributed by atoms with Crippen molar-refractivity contribution in [3.05, 3.63) is 33.8 Å². The minimum atomic E-state index is 0.605. The van der Waals surface area contributed by atoms with E-state index in [2.05, 4.69) is 6.07 Å². The SMILES string of the molecule is NC[C@H]1[C@@H]2CC[C@@H](C2)[C@@H]1c1ccc(Cl)c(Cl)c1. The Morgan fingerprint density at radius 2 is 1.88 bits per heavy atom. The van der Waals surface area contributed by atoms with Crippen LogP contribution in [-0.4, -0.2) is 6.54 Å². The van der Waals surface area contributed by atoms with Crippen molar-refractivity contribution in [1.82, 2.24) is 0 Å². The number of hydrogen-bond acceptors (Lipinski definition) is 1. The summed E-state index contributed by atoms with van der Waals surface area (Å²) in [5.74, 6) is 2.90. The molecule has 2 saturated carbocycles. The van der Waals surface area contributed by atoms with Gasteiger partial charge in [0.05, 0.1) is 10.0 Å². The quantitative estimate of drug-likeness (QED) is 0.860. The second-order valence-corrected chi connectivity index (χ2v) is 6.25. The van der Waals surface area contributed by atoms with E-state index in [9.17, 15) is 0 Å². The maximum absolute atomic E-state index is 6.12. The number of nitrogens with two attached hydrogens (primary N) is 1. The van der Waals surface area contributed by atoms with E-state index in [-0.39, 0.29) is 0 Å². The fourth-order valence-corrected chi connectivity index (χ4v) is 4.30. The van der Waals surface area contributed by atoms with Crippen molar-refractivity contribution < 1.29 is 0 Å². The number of halogens is 2. The standard InChI is InChI=1S/C14H17Cl2N/c15-12-4-3-10(6-13(12)16)14-9-2-1-8(5-9)11(14)7-17/h3-4,6,8-9,11,14H,1-2,5,7,17H2/t8-,9+,11+,14-/m1/s1. The molecule has 2 aliphatic rings. The van der Waals surface area contributed by atoms with Crippen molar-refractivity contribution in [2.24, 2.45) is 23.5 Å². The number of fused-ring (bicyclic) bond motifs is 2. The van der Waals surface area contributed by atoms with Crippen molar-refractivity contribution in [3.8, 4) is 0 Å². The van der Waals surface area contributed by atoms with Crippen LogP contribution in [0.1, 0.15) is 30.7 Å². The van der Waals surface area contributed by atoms with Gasteiger partial charge in [-0.15, -0.1) is 0 Å². The van der Waals surface area contributed by atoms with Gasteiger partial charge in [-0.1, -0.05) is 29.3 Å². The maximum Gasteiger partial charge on any atom is 0.0595 e. The number of rotatable bonds is 2. The van der Waals surface area contributed by atoms with Crippen LogP contribution in [0.25, 0.3) is 0 Å². The van der Waals surface area contributed by atoms with Crippen molar-refractivity contribution >= 4 is 23.2 Å². The van der Waals surface area contributed by atoms with Gasteiger partial charge in [0.25, 0.3) is 0 Å². The van der Waals surface area contributed by atoms with Crippen LogP contribution >= 0.6 is 23.2 Å². The highest BCUT2D eigenvalue weighted by molar-refractivity contribution is 6.42. The summed E-state index contributed by atoms with van der Waals surface area (Å²) < 4.78 is 0. The van der Waals surface area contributed by atoms with Gasteiger partial charge in [-0.3, -0.25) is 0 Å². The van der Waals surface area contributed by atoms with E-state index in [1.165, 1.54) is 24.8 Å². The van der Waals surface area contributed by atoms with Gasteiger partial charge in [-0.05, 0) is 67.2 Å². The molecule has 1 aromatic rings. The molecule has 3 heteroatoms. The molecule has 2 N–H and O–H groups in total. The summed E-state index contributed by atoms with van der Waals surface area (Å²) in [6, 6.07) is 6.08. The van der Waals surface area contributed by atoms with Gasteiger partial charge < -0.3 is 5.73 Å². The molecule has 0 aliphatic heterocycles. The lowest BCUT2D eigenvalue weighted by molar-refractivity contribution is 0.295. The first-order valence-electron chi connectivity index (χ1n) is 6.35. The Morgan fingerprint density at radius 1 is 1.12 bits per heavy atom. The van der Waals surface area contributed by atoms with Crippen molar-refractivity contribution in [2.75, 3.05) is 6.54 Å². The molecule has 0 spiro atoms. The predicted molar refractivity (Wildman–Crippen MR) is 72.6 cm³/mol. The van der Waals surface area contributed by atoms with Gasteiger partial charge in [-0.25, -0.2) is 0 Å². The third-order valence-corrected chi connectivity index (χ3v) is 5.43. The fraction of sp³-hybridized carbons (Fsp3) is 0.571. The van der Waals surface area contributed by atoms with E-state index in [1.54, 1.807) is 0 Å². The zero-order chi connectivity index (χ0) is 12.0. The van der Waals surface area contributed by atoms with Crippen molar-refractivity contribution in [2.45, 2.75) is 25.2 Å². The molecular formula is C14H17Cl2N. The van der Waals surface area contributed by atoms with E-state index in [1.807, 2.05) is 12.1 Å². The molecule has 2 fully saturated rings. The molecule has 0 unspecified atom stereocenters. The average molecular weight is 270 g/mol. The molecular weight excluding hydrogens is 253 g/mol. The Kier molecular flexibility index (Phi) is 3.10. The summed E-state index contributed by atoms with van der Waals surface area (Å²) in [5.41, 5.74) is 7.29. The minimum Gasteiger partial charge on any atom is -0.330 e. The van der Waals surface area contributed by atoms with Crippen LogP contribution in [0.3, 0.4) is 0 Å². The van der Waals surface area contributed by atoms with Crippen LogP contribution in [0.5, 0.6) is 0 Å². The van der Waals surface area contributed by atoms with Crippen LogP contribution in [0, 0.1) is 17.8 Å². The first-order valence-corrected chi connectivity index (χ1v) is 7.11. The van der Waals surface area contributed by atoms with Crippen LogP contribution < -0.4 is 5.73 Å². The Bertz CT molecular complexity index is 432. The van der Waals surface area contributed by atoms with E-state index < -0.39 is 0 Å². The number of hydrogen-bond donors (Lipinski definition) is 1. The van der Waals surface area contributed by atoms with Crippen LogP contribution in [0.15, 0.2) is 18.2 Å². The second-order valence-electron chi connectivity index (χ2n) is 5.43. The summed E-state index contributed by atoms with van der Waals surface area (Å²) in [6.45, 7) is 0.798. The van der Waals surface area contributed by atoms with Gasteiger partial charge >= 0.3 is 0 Å². The Morgan fingerprint density at radius 3 is 2.59 bits per heavy atom. The van der Waals surface area contributed by atoms with Crippen LogP contribution in [-0.2, 0) is 0 Å². The van der Waals surface area contributed by atoms with Crippen LogP contribution in [0.2, 0.25) is 10.0 Å². The zero-order valence-corrected chi connectivity index (χ0v) is 11.2. The topological polar surface area (TPSA) is 26.0 Å². The summed E-state index contributed by atoms with van der Waals surface area (Å²) in [6.07, 6.45) is 4.07. The molecule has 0 radical (unpaired) electrons. The first kappa shape index (κ1) is 11.8. The number of benzene rings is 1. The molecule has 0 heterocycles. The normalized spacial score (nSPS) is 35.5. The third kappa shape index (κ3) is 1.89. The van der Waals surface area contributed by atoms with E-state index in [4.69, 9.17) is 28.9 Å². The molecule has 17 heavy (non-hydrogen) atoms. The molecule has 92 valence electrons. The van der Waals surface area contributed by atoms with Gasteiger partial charge in [0.1, 0.15) is 0 Å². The minimum absolute atomic E-state index is 0.605. The Labute approximate surface area is 112 Å². The predicted octanol–water partition coefficient (Wildman–Crippen LogP) is 4.08. The molecule has 1 aromatic carbocycles. The molecule has 2 bridgehead atoms. The highest BCUT2D eigenvalue weighted by atomic mass is 35.5. The van der Waals surface area contributed by atoms with E-state index in [0.29, 0.717) is 21.9 Å². The first-order chi connectivity index (χ1) is 8.20. The van der Waals surface area contributed by atoms with Gasteiger partial charge in [0.2, 0.25) is 0 Å². The fourth-order valence-electron chi connectivity index (χ4n) is 3.99. The lowest BCUT2D eigenvalue weighted by Gasteiger charge is -2.30. The zero-order valence-electron chi connectivity index (χ0n) is 9.70. The van der Waals surface area contributed by atoms with E-state index >= 15 is 0 Å². The maximum atomic E-state index is 6.12. The van der Waals surface area contributed by atoms with E-state index in [0.717, 1.165) is 18.4 Å². The third-order valence-electron chi connectivity index (χ3n) is 4.69. The Balaban J connectivity index is 1.94. The molecule has 3 rings (SSSR count). The molecule has 0 aromatic heterocycles. The van der Waals surface area contributed by atoms with Gasteiger partial charge in [0, 0.05) is 0 Å². The molecule has 1 nitrogen and oxygen atoms in total. The Hall–Kier alpha value is -0.240. The largest absolute Gasteiger partial charge is 0.330 e. The summed E-state index contributed by atoms with van der Waals surface area (Å²) in [7, 11) is 0. The van der Waals surface area contributed by atoms with Crippen LogP contribution in [0.4, 0.5) is 0 Å². The monoisotopic (exact) mass is 269 g/mol. The molecule has 0 saturated heterocycles. The molecule has 0 amide bonds. The lowest BCUT2D eigenvalue weighted by atomic mass is 9.75. The highest BCUT2D eigenvalue weighted by Crippen LogP contribution is 2.56. The summed E-state index contributed by atoms with van der Waals surface area (Å²) in [4.78, 5) is 0. The average Bonchev–Trinajstić information content (AvgIpc) is 2.92. The lowest BCUT2D eigenvalue weighted by Crippen LogP contribution is -2.27. The van der Waals surface area contributed by atoms with Gasteiger partial charge in [-0.2, -0.15) is 0 Å². The summed E-state index contributed by atoms with van der Waals surface area (Å²) >= 11 is 12.1. The second kappa shape index (κ2) is 4.46. The summed E-state index contributed by atoms with van der Waals surface area (Å²) in [5, 5.41) is 1.31. The van der Waals surface area contributed by atoms with Crippen molar-refractivity contribution in [3.63, 3.8) is 0 Å². The highest BCUT2D eigenvalue weighted by Gasteiger charge is 2.47. The molecule has 4 atom stereocenters. The van der Waals surface area contributed by atoms with Crippen molar-refractivity contribution in [1.29, 1.82) is 0 Å². The van der Waals surface area contributed by atoms with Gasteiger partial charge in [0.15, 0.2) is 0 Å².